The fourth-order valence-electron chi connectivity index (χ4n) is 2.78. The van der Waals surface area contributed by atoms with E-state index in [0.717, 1.165) is 18.9 Å². The lowest BCUT2D eigenvalue weighted by Gasteiger charge is -2.12. The van der Waals surface area contributed by atoms with Crippen LogP contribution in [-0.2, 0) is 6.18 Å². The molecule has 0 bridgehead atoms. The molecule has 0 atom stereocenters. The number of benzene rings is 2. The number of unbranched alkanes of at least 4 members (excludes halogenated alkanes) is 5. The molecule has 0 saturated carbocycles. The summed E-state index contributed by atoms with van der Waals surface area (Å²) >= 11 is 0. The van der Waals surface area contributed by atoms with Gasteiger partial charge in [-0.1, -0.05) is 63.3 Å². The highest BCUT2D eigenvalue weighted by molar-refractivity contribution is 5.66. The van der Waals surface area contributed by atoms with Crippen molar-refractivity contribution in [3.05, 3.63) is 53.8 Å². The lowest BCUT2D eigenvalue weighted by molar-refractivity contribution is -0.139. The Morgan fingerprint density at radius 1 is 0.846 bits per heavy atom. The SMILES string of the molecule is CCCCCCCCOc1ccc(-c2cccc(C(F)(F)F)c2F)cc1. The summed E-state index contributed by atoms with van der Waals surface area (Å²) in [6.07, 6.45) is 2.30. The van der Waals surface area contributed by atoms with Crippen molar-refractivity contribution in [3.8, 4) is 16.9 Å². The smallest absolute Gasteiger partial charge is 0.419 e. The van der Waals surface area contributed by atoms with E-state index in [2.05, 4.69) is 6.92 Å². The molecule has 142 valence electrons. The van der Waals surface area contributed by atoms with E-state index in [4.69, 9.17) is 4.74 Å². The van der Waals surface area contributed by atoms with Crippen LogP contribution in [0.1, 0.15) is 51.0 Å². The lowest BCUT2D eigenvalue weighted by Crippen LogP contribution is -2.08. The summed E-state index contributed by atoms with van der Waals surface area (Å²) in [6.45, 7) is 2.78. The molecule has 0 aliphatic heterocycles. The van der Waals surface area contributed by atoms with Crippen molar-refractivity contribution in [1.29, 1.82) is 0 Å². The van der Waals surface area contributed by atoms with E-state index < -0.39 is 17.6 Å². The Morgan fingerprint density at radius 3 is 2.15 bits per heavy atom. The van der Waals surface area contributed by atoms with Gasteiger partial charge in [-0.3, -0.25) is 0 Å². The molecule has 0 heterocycles. The second kappa shape index (κ2) is 9.60. The van der Waals surface area contributed by atoms with E-state index >= 15 is 0 Å². The molecule has 0 aliphatic carbocycles. The highest BCUT2D eigenvalue weighted by atomic mass is 19.4. The van der Waals surface area contributed by atoms with E-state index in [9.17, 15) is 17.6 Å². The van der Waals surface area contributed by atoms with Gasteiger partial charge in [-0.05, 0) is 30.2 Å². The Kier molecular flexibility index (Phi) is 7.49. The largest absolute Gasteiger partial charge is 0.494 e. The first-order valence-electron chi connectivity index (χ1n) is 9.02. The topological polar surface area (TPSA) is 9.23 Å². The molecule has 0 aliphatic rings. The molecule has 0 N–H and O–H groups in total. The summed E-state index contributed by atoms with van der Waals surface area (Å²) in [6, 6.07) is 9.78. The van der Waals surface area contributed by atoms with Gasteiger partial charge in [0.05, 0.1) is 12.2 Å². The fraction of sp³-hybridized carbons (Fsp3) is 0.429. The first-order valence-corrected chi connectivity index (χ1v) is 9.02. The molecule has 0 aromatic heterocycles. The van der Waals surface area contributed by atoms with Crippen molar-refractivity contribution in [2.75, 3.05) is 6.61 Å². The summed E-state index contributed by atoms with van der Waals surface area (Å²) in [5.41, 5.74) is -0.929. The fourth-order valence-corrected chi connectivity index (χ4v) is 2.78. The van der Waals surface area contributed by atoms with Crippen LogP contribution in [0, 0.1) is 5.82 Å². The van der Waals surface area contributed by atoms with Crippen LogP contribution in [0.3, 0.4) is 0 Å². The van der Waals surface area contributed by atoms with Crippen molar-refractivity contribution in [2.24, 2.45) is 0 Å². The highest BCUT2D eigenvalue weighted by Crippen LogP contribution is 2.35. The van der Waals surface area contributed by atoms with Crippen LogP contribution in [-0.4, -0.2) is 6.61 Å². The summed E-state index contributed by atoms with van der Waals surface area (Å²) in [5.74, 6) is -0.615. The summed E-state index contributed by atoms with van der Waals surface area (Å²) in [7, 11) is 0. The molecule has 2 rings (SSSR count). The number of rotatable bonds is 9. The molecular weight excluding hydrogens is 344 g/mol. The van der Waals surface area contributed by atoms with Gasteiger partial charge in [0.15, 0.2) is 0 Å². The number of halogens is 4. The van der Waals surface area contributed by atoms with Crippen LogP contribution in [0.4, 0.5) is 17.6 Å². The Morgan fingerprint density at radius 2 is 1.50 bits per heavy atom. The molecule has 0 fully saturated rings. The maximum Gasteiger partial charge on any atom is 0.419 e. The quantitative estimate of drug-likeness (QED) is 0.334. The normalized spacial score (nSPS) is 11.6. The van der Waals surface area contributed by atoms with Crippen LogP contribution in [0.2, 0.25) is 0 Å². The van der Waals surface area contributed by atoms with Gasteiger partial charge in [0, 0.05) is 5.56 Å². The van der Waals surface area contributed by atoms with Crippen molar-refractivity contribution >= 4 is 0 Å². The molecule has 1 nitrogen and oxygen atoms in total. The van der Waals surface area contributed by atoms with E-state index in [1.54, 1.807) is 24.3 Å². The molecule has 2 aromatic carbocycles. The maximum absolute atomic E-state index is 14.2. The standard InChI is InChI=1S/C21H24F4O/c1-2-3-4-5-6-7-15-26-17-13-11-16(12-14-17)18-9-8-10-19(20(18)22)21(23,24)25/h8-14H,2-7,15H2,1H3. The van der Waals surface area contributed by atoms with Crippen LogP contribution < -0.4 is 4.74 Å². The molecule has 0 saturated heterocycles. The molecule has 0 amide bonds. The first-order chi connectivity index (χ1) is 12.4. The second-order valence-electron chi connectivity index (χ2n) is 6.31. The Labute approximate surface area is 152 Å². The average molecular weight is 368 g/mol. The van der Waals surface area contributed by atoms with E-state index in [-0.39, 0.29) is 5.56 Å². The molecule has 0 spiro atoms. The Balaban J connectivity index is 1.94. The van der Waals surface area contributed by atoms with Crippen molar-refractivity contribution < 1.29 is 22.3 Å². The summed E-state index contributed by atoms with van der Waals surface area (Å²) in [5, 5.41) is 0. The highest BCUT2D eigenvalue weighted by Gasteiger charge is 2.34. The Bertz CT molecular complexity index is 677. The van der Waals surface area contributed by atoms with Crippen molar-refractivity contribution in [2.45, 2.75) is 51.6 Å². The lowest BCUT2D eigenvalue weighted by atomic mass is 10.0. The zero-order valence-corrected chi connectivity index (χ0v) is 14.9. The van der Waals surface area contributed by atoms with Crippen molar-refractivity contribution in [3.63, 3.8) is 0 Å². The molecular formula is C21H24F4O. The van der Waals surface area contributed by atoms with Crippen LogP contribution in [0.25, 0.3) is 11.1 Å². The minimum Gasteiger partial charge on any atom is -0.494 e. The van der Waals surface area contributed by atoms with Gasteiger partial charge in [0.1, 0.15) is 11.6 Å². The van der Waals surface area contributed by atoms with Gasteiger partial charge in [-0.15, -0.1) is 0 Å². The van der Waals surface area contributed by atoms with Crippen molar-refractivity contribution in [1.82, 2.24) is 0 Å². The van der Waals surface area contributed by atoms with Crippen LogP contribution in [0.5, 0.6) is 5.75 Å². The average Bonchev–Trinajstić information content (AvgIpc) is 2.61. The third-order valence-corrected chi connectivity index (χ3v) is 4.24. The Hall–Kier alpha value is -2.04. The van der Waals surface area contributed by atoms with E-state index in [1.165, 1.54) is 37.8 Å². The van der Waals surface area contributed by atoms with Crippen LogP contribution in [0.15, 0.2) is 42.5 Å². The molecule has 2 aromatic rings. The minimum atomic E-state index is -4.71. The van der Waals surface area contributed by atoms with Gasteiger partial charge in [-0.2, -0.15) is 13.2 Å². The number of hydrogen-bond acceptors (Lipinski definition) is 1. The zero-order valence-electron chi connectivity index (χ0n) is 14.9. The predicted octanol–water partition coefficient (Wildman–Crippen LogP) is 7.25. The molecule has 0 radical (unpaired) electrons. The van der Waals surface area contributed by atoms with Gasteiger partial charge >= 0.3 is 6.18 Å². The van der Waals surface area contributed by atoms with Gasteiger partial charge in [0.25, 0.3) is 0 Å². The minimum absolute atomic E-state index is 0.0673. The maximum atomic E-state index is 14.2. The molecule has 26 heavy (non-hydrogen) atoms. The monoisotopic (exact) mass is 368 g/mol. The molecule has 5 heteroatoms. The van der Waals surface area contributed by atoms with Crippen LogP contribution >= 0.6 is 0 Å². The third kappa shape index (κ3) is 5.75. The van der Waals surface area contributed by atoms with Gasteiger partial charge in [-0.25, -0.2) is 4.39 Å². The number of ether oxygens (including phenoxy) is 1. The zero-order chi connectivity index (χ0) is 19.0. The van der Waals surface area contributed by atoms with Gasteiger partial charge < -0.3 is 4.74 Å². The van der Waals surface area contributed by atoms with E-state index in [1.807, 2.05) is 0 Å². The first kappa shape index (κ1) is 20.3. The summed E-state index contributed by atoms with van der Waals surface area (Å²) < 4.78 is 58.3. The third-order valence-electron chi connectivity index (χ3n) is 4.24. The van der Waals surface area contributed by atoms with Gasteiger partial charge in [0.2, 0.25) is 0 Å². The number of alkyl halides is 3. The predicted molar refractivity (Wildman–Crippen MR) is 95.7 cm³/mol. The van der Waals surface area contributed by atoms with E-state index in [0.29, 0.717) is 17.9 Å². The second-order valence-corrected chi connectivity index (χ2v) is 6.31. The summed E-state index contributed by atoms with van der Waals surface area (Å²) in [4.78, 5) is 0. The number of hydrogen-bond donors (Lipinski definition) is 0. The molecule has 0 unspecified atom stereocenters.